The smallest absolute Gasteiger partial charge is 0.735 e. The molecular weight excluding hydrogens is 285 g/mol. The summed E-state index contributed by atoms with van der Waals surface area (Å²) in [6.07, 6.45) is -8.11. The van der Waals surface area contributed by atoms with E-state index in [0.717, 1.165) is 4.72 Å². The van der Waals surface area contributed by atoms with E-state index in [9.17, 15) is 28.3 Å². The van der Waals surface area contributed by atoms with Gasteiger partial charge in [0.25, 0.3) is 0 Å². The van der Waals surface area contributed by atoms with E-state index in [-0.39, 0.29) is 29.6 Å². The molecule has 0 aliphatic carbocycles. The molecule has 18 heavy (non-hydrogen) atoms. The Labute approximate surface area is 124 Å². The molecular formula is C6H12NNaO9S. The Morgan fingerprint density at radius 1 is 1.28 bits per heavy atom. The Bertz CT molecular complexity index is 377. The van der Waals surface area contributed by atoms with Crippen molar-refractivity contribution >= 4 is 10.3 Å². The van der Waals surface area contributed by atoms with Crippen LogP contribution in [0.25, 0.3) is 0 Å². The average Bonchev–Trinajstić information content (AvgIpc) is 2.19. The third kappa shape index (κ3) is 3.82. The van der Waals surface area contributed by atoms with Crippen LogP contribution in [-0.2, 0) is 15.0 Å². The van der Waals surface area contributed by atoms with Crippen LogP contribution >= 0.6 is 0 Å². The number of aliphatic hydroxyl groups excluding tert-OH is 4. The monoisotopic (exact) mass is 297 g/mol. The van der Waals surface area contributed by atoms with E-state index in [1.807, 2.05) is 0 Å². The number of aliphatic hydroxyl groups is 5. The zero-order chi connectivity index (χ0) is 13.4. The Morgan fingerprint density at radius 2 is 1.78 bits per heavy atom. The summed E-state index contributed by atoms with van der Waals surface area (Å²) in [5.74, 6) is 0. The van der Waals surface area contributed by atoms with Crippen molar-refractivity contribution in [3.63, 3.8) is 0 Å². The van der Waals surface area contributed by atoms with Gasteiger partial charge in [-0.1, -0.05) is 0 Å². The van der Waals surface area contributed by atoms with E-state index in [4.69, 9.17) is 10.2 Å². The van der Waals surface area contributed by atoms with Crippen LogP contribution in [0.5, 0.6) is 0 Å². The Balaban J connectivity index is 0.00000289. The van der Waals surface area contributed by atoms with Crippen LogP contribution in [0.1, 0.15) is 0 Å². The van der Waals surface area contributed by atoms with Crippen LogP contribution in [0.2, 0.25) is 0 Å². The Kier molecular flexibility index (Phi) is 6.61. The van der Waals surface area contributed by atoms with Crippen molar-refractivity contribution in [3.05, 3.63) is 0 Å². The van der Waals surface area contributed by atoms with Crippen molar-refractivity contribution < 1.29 is 72.8 Å². The van der Waals surface area contributed by atoms with Crippen molar-refractivity contribution in [1.29, 1.82) is 0 Å². The minimum absolute atomic E-state index is 0. The van der Waals surface area contributed by atoms with E-state index in [1.54, 1.807) is 0 Å². The second kappa shape index (κ2) is 6.39. The van der Waals surface area contributed by atoms with Gasteiger partial charge in [0, 0.05) is 0 Å². The molecule has 0 aromatic carbocycles. The number of nitrogens with one attached hydrogen (secondary N) is 1. The zero-order valence-corrected chi connectivity index (χ0v) is 12.1. The standard InChI is InChI=1S/C6H13NO9S.Na/c8-1-2-3(9)6(12,7-17(13,14)15)4(10)5(11)16-2;/h2-5,7-12H,1H2,(H,13,14,15);/q;+1/p-1/t2-,3-,4-,5+,6-;/m1./s1. The van der Waals surface area contributed by atoms with Gasteiger partial charge >= 0.3 is 29.6 Å². The predicted molar refractivity (Wildman–Crippen MR) is 47.8 cm³/mol. The van der Waals surface area contributed by atoms with Gasteiger partial charge < -0.3 is 34.8 Å². The van der Waals surface area contributed by atoms with Crippen molar-refractivity contribution in [2.45, 2.75) is 30.3 Å². The molecule has 1 rings (SSSR count). The van der Waals surface area contributed by atoms with Crippen LogP contribution in [0, 0.1) is 0 Å². The molecule has 0 saturated carbocycles. The molecule has 1 saturated heterocycles. The van der Waals surface area contributed by atoms with Crippen molar-refractivity contribution in [2.75, 3.05) is 6.61 Å². The largest absolute Gasteiger partial charge is 1.00 e. The first-order chi connectivity index (χ1) is 7.62. The van der Waals surface area contributed by atoms with E-state index in [1.165, 1.54) is 0 Å². The topological polar surface area (TPSA) is 180 Å². The summed E-state index contributed by atoms with van der Waals surface area (Å²) in [6.45, 7) is -0.881. The summed E-state index contributed by atoms with van der Waals surface area (Å²) in [6, 6.07) is 0. The van der Waals surface area contributed by atoms with Crippen molar-refractivity contribution in [3.8, 4) is 0 Å². The van der Waals surface area contributed by atoms with Gasteiger partial charge in [0.1, 0.15) is 12.2 Å². The Morgan fingerprint density at radius 3 is 2.17 bits per heavy atom. The third-order valence-corrected chi connectivity index (χ3v) is 2.88. The van der Waals surface area contributed by atoms with Crippen LogP contribution < -0.4 is 34.3 Å². The number of rotatable bonds is 3. The molecule has 0 aromatic heterocycles. The SMILES string of the molecule is O=S(=O)([O-])N[C@]1(O)[C@H](O)[C@@H](O)O[C@H](CO)[C@H]1O.[Na+]. The van der Waals surface area contributed by atoms with E-state index < -0.39 is 47.2 Å². The molecule has 102 valence electrons. The number of ether oxygens (including phenoxy) is 1. The first-order valence-electron chi connectivity index (χ1n) is 4.39. The maximum Gasteiger partial charge on any atom is 1.00 e. The molecule has 5 atom stereocenters. The van der Waals surface area contributed by atoms with Crippen molar-refractivity contribution in [1.82, 2.24) is 4.72 Å². The summed E-state index contributed by atoms with van der Waals surface area (Å²) in [4.78, 5) is 0. The maximum absolute atomic E-state index is 10.5. The van der Waals surface area contributed by atoms with E-state index in [0.29, 0.717) is 0 Å². The molecule has 1 aliphatic heterocycles. The van der Waals surface area contributed by atoms with Crippen LogP contribution in [0.4, 0.5) is 0 Å². The van der Waals surface area contributed by atoms with E-state index >= 15 is 0 Å². The minimum Gasteiger partial charge on any atom is -0.735 e. The van der Waals surface area contributed by atoms with Gasteiger partial charge in [-0.15, -0.1) is 0 Å². The van der Waals surface area contributed by atoms with E-state index in [2.05, 4.69) is 4.74 Å². The Hall–Kier alpha value is 0.630. The molecule has 0 spiro atoms. The fraction of sp³-hybridized carbons (Fsp3) is 1.00. The van der Waals surface area contributed by atoms with Crippen LogP contribution in [0.15, 0.2) is 0 Å². The predicted octanol–water partition coefficient (Wildman–Crippen LogP) is -7.84. The van der Waals surface area contributed by atoms with Crippen LogP contribution in [0.3, 0.4) is 0 Å². The first kappa shape index (κ1) is 18.6. The quantitative estimate of drug-likeness (QED) is 0.167. The third-order valence-electron chi connectivity index (χ3n) is 2.31. The minimum atomic E-state index is -5.22. The average molecular weight is 297 g/mol. The second-order valence-corrected chi connectivity index (χ2v) is 4.63. The molecule has 0 unspecified atom stereocenters. The fourth-order valence-corrected chi connectivity index (χ4v) is 2.11. The fourth-order valence-electron chi connectivity index (χ4n) is 1.47. The zero-order valence-electron chi connectivity index (χ0n) is 9.29. The molecule has 0 radical (unpaired) electrons. The van der Waals surface area contributed by atoms with Gasteiger partial charge in [0.2, 0.25) is 0 Å². The molecule has 0 aromatic rings. The first-order valence-corrected chi connectivity index (χ1v) is 5.80. The normalized spacial score (nSPS) is 41.2. The number of hydrogen-bond acceptors (Lipinski definition) is 9. The molecule has 12 heteroatoms. The summed E-state index contributed by atoms with van der Waals surface area (Å²) in [7, 11) is -5.22. The number of hydrogen-bond donors (Lipinski definition) is 6. The summed E-state index contributed by atoms with van der Waals surface area (Å²) >= 11 is 0. The van der Waals surface area contributed by atoms with Crippen LogP contribution in [-0.4, -0.2) is 75.4 Å². The van der Waals surface area contributed by atoms with Gasteiger partial charge in [-0.25, -0.2) is 8.42 Å². The molecule has 6 N–H and O–H groups in total. The van der Waals surface area contributed by atoms with Gasteiger partial charge in [-0.05, 0) is 0 Å². The van der Waals surface area contributed by atoms with Crippen molar-refractivity contribution in [2.24, 2.45) is 0 Å². The summed E-state index contributed by atoms with van der Waals surface area (Å²) in [5.41, 5.74) is -3.05. The molecule has 0 bridgehead atoms. The van der Waals surface area contributed by atoms with Gasteiger partial charge in [0.15, 0.2) is 28.4 Å². The maximum atomic E-state index is 10.5. The van der Waals surface area contributed by atoms with Gasteiger partial charge in [0.05, 0.1) is 6.61 Å². The molecule has 10 nitrogen and oxygen atoms in total. The molecule has 1 aliphatic rings. The summed E-state index contributed by atoms with van der Waals surface area (Å²) in [5, 5.41) is 46.3. The van der Waals surface area contributed by atoms with Gasteiger partial charge in [-0.3, -0.25) is 0 Å². The molecule has 1 heterocycles. The molecule has 1 fully saturated rings. The summed E-state index contributed by atoms with van der Waals surface area (Å²) < 4.78 is 36.9. The van der Waals surface area contributed by atoms with Gasteiger partial charge in [-0.2, -0.15) is 4.72 Å². The molecule has 0 amide bonds. The second-order valence-electron chi connectivity index (χ2n) is 3.52.